The molecule has 136 valence electrons. The molecule has 0 atom stereocenters. The van der Waals surface area contributed by atoms with Crippen molar-refractivity contribution >= 4 is 10.0 Å². The number of ether oxygens (including phenoxy) is 1. The summed E-state index contributed by atoms with van der Waals surface area (Å²) in [4.78, 5) is -0.0432. The quantitative estimate of drug-likeness (QED) is 0.566. The number of hydrogen-bond donors (Lipinski definition) is 1. The van der Waals surface area contributed by atoms with Crippen LogP contribution in [0.25, 0.3) is 0 Å². The van der Waals surface area contributed by atoms with Crippen LogP contribution < -0.4 is 9.46 Å². The second-order valence-corrected chi connectivity index (χ2v) is 7.10. The second-order valence-electron chi connectivity index (χ2n) is 5.33. The fraction of sp³-hybridized carbons (Fsp3) is 0.294. The largest absolute Gasteiger partial charge is 0.494 e. The maximum absolute atomic E-state index is 13.6. The smallest absolute Gasteiger partial charge is 0.240 e. The Kier molecular flexibility index (Phi) is 6.44. The first-order chi connectivity index (χ1) is 11.8. The van der Waals surface area contributed by atoms with Crippen molar-refractivity contribution in [3.63, 3.8) is 0 Å². The van der Waals surface area contributed by atoms with Gasteiger partial charge in [0.25, 0.3) is 0 Å². The van der Waals surface area contributed by atoms with Crippen molar-refractivity contribution in [2.24, 2.45) is 0 Å². The maximum atomic E-state index is 13.6. The van der Waals surface area contributed by atoms with E-state index in [4.69, 9.17) is 4.74 Å². The Hall–Kier alpha value is -2.06. The van der Waals surface area contributed by atoms with Crippen LogP contribution in [0.2, 0.25) is 0 Å². The zero-order valence-corrected chi connectivity index (χ0v) is 14.4. The monoisotopic (exact) mass is 373 g/mol. The lowest BCUT2D eigenvalue weighted by molar-refractivity contribution is 0.309. The summed E-state index contributed by atoms with van der Waals surface area (Å²) >= 11 is 0. The molecule has 0 aliphatic rings. The summed E-state index contributed by atoms with van der Waals surface area (Å²) < 4.78 is 71.6. The lowest BCUT2D eigenvalue weighted by atomic mass is 10.2. The first kappa shape index (κ1) is 19.3. The Morgan fingerprint density at radius 2 is 1.68 bits per heavy atom. The molecule has 0 saturated heterocycles. The molecule has 0 heterocycles. The van der Waals surface area contributed by atoms with E-state index in [9.17, 15) is 21.6 Å². The van der Waals surface area contributed by atoms with Crippen LogP contribution in [-0.4, -0.2) is 15.0 Å². The van der Waals surface area contributed by atoms with Gasteiger partial charge in [0.15, 0.2) is 17.5 Å². The van der Waals surface area contributed by atoms with Gasteiger partial charge in [-0.2, -0.15) is 0 Å². The molecule has 4 nitrogen and oxygen atoms in total. The van der Waals surface area contributed by atoms with E-state index in [0.29, 0.717) is 12.4 Å². The van der Waals surface area contributed by atoms with E-state index in [1.54, 1.807) is 0 Å². The Balaban J connectivity index is 2.05. The summed E-state index contributed by atoms with van der Waals surface area (Å²) in [5.74, 6) is -3.84. The highest BCUT2D eigenvalue weighted by atomic mass is 32.2. The fourth-order valence-electron chi connectivity index (χ4n) is 2.01. The average Bonchev–Trinajstić information content (AvgIpc) is 2.60. The summed E-state index contributed by atoms with van der Waals surface area (Å²) in [5, 5.41) is 0. The maximum Gasteiger partial charge on any atom is 0.240 e. The predicted octanol–water partition coefficient (Wildman–Crippen LogP) is 3.76. The lowest BCUT2D eigenvalue weighted by Crippen LogP contribution is -2.24. The molecule has 8 heteroatoms. The lowest BCUT2D eigenvalue weighted by Gasteiger charge is -2.09. The molecule has 0 aliphatic heterocycles. The van der Waals surface area contributed by atoms with Gasteiger partial charge in [-0.3, -0.25) is 0 Å². The van der Waals surface area contributed by atoms with E-state index in [0.717, 1.165) is 25.0 Å². The van der Waals surface area contributed by atoms with Gasteiger partial charge in [-0.1, -0.05) is 19.4 Å². The molecule has 0 unspecified atom stereocenters. The van der Waals surface area contributed by atoms with E-state index in [-0.39, 0.29) is 10.5 Å². The van der Waals surface area contributed by atoms with Crippen molar-refractivity contribution in [2.75, 3.05) is 6.61 Å². The van der Waals surface area contributed by atoms with Crippen molar-refractivity contribution in [3.8, 4) is 5.75 Å². The zero-order chi connectivity index (χ0) is 18.4. The summed E-state index contributed by atoms with van der Waals surface area (Å²) in [6.07, 6.45) is 1.87. The first-order valence-electron chi connectivity index (χ1n) is 7.70. The van der Waals surface area contributed by atoms with E-state index in [1.807, 2.05) is 6.92 Å². The van der Waals surface area contributed by atoms with Crippen LogP contribution in [0.5, 0.6) is 5.75 Å². The number of sulfonamides is 1. The highest BCUT2D eigenvalue weighted by molar-refractivity contribution is 7.89. The highest BCUT2D eigenvalue weighted by Crippen LogP contribution is 2.18. The van der Waals surface area contributed by atoms with Crippen molar-refractivity contribution < 1.29 is 26.3 Å². The molecule has 0 fully saturated rings. The molecule has 0 spiro atoms. The Labute approximate surface area is 144 Å². The normalized spacial score (nSPS) is 11.5. The highest BCUT2D eigenvalue weighted by Gasteiger charge is 2.17. The van der Waals surface area contributed by atoms with Gasteiger partial charge in [-0.05, 0) is 36.8 Å². The van der Waals surface area contributed by atoms with Gasteiger partial charge in [0, 0.05) is 12.1 Å². The molecular weight excluding hydrogens is 355 g/mol. The van der Waals surface area contributed by atoms with Gasteiger partial charge in [-0.15, -0.1) is 0 Å². The number of rotatable bonds is 8. The third kappa shape index (κ3) is 4.96. The van der Waals surface area contributed by atoms with Crippen LogP contribution in [0.15, 0.2) is 41.3 Å². The van der Waals surface area contributed by atoms with Gasteiger partial charge in [-0.25, -0.2) is 26.3 Å². The number of nitrogens with one attached hydrogen (secondary N) is 1. The molecule has 2 aromatic carbocycles. The molecule has 0 saturated carbocycles. The van der Waals surface area contributed by atoms with E-state index in [2.05, 4.69) is 4.72 Å². The summed E-state index contributed by atoms with van der Waals surface area (Å²) in [6.45, 7) is 2.07. The molecule has 0 aliphatic carbocycles. The van der Waals surface area contributed by atoms with Crippen LogP contribution in [0.3, 0.4) is 0 Å². The zero-order valence-electron chi connectivity index (χ0n) is 13.6. The minimum absolute atomic E-state index is 0.0432. The molecule has 2 rings (SSSR count). The minimum atomic E-state index is -3.93. The van der Waals surface area contributed by atoms with E-state index >= 15 is 0 Å². The summed E-state index contributed by atoms with van der Waals surface area (Å²) in [7, 11) is -3.93. The molecule has 2 aromatic rings. The average molecular weight is 373 g/mol. The van der Waals surface area contributed by atoms with Crippen molar-refractivity contribution in [1.82, 2.24) is 4.72 Å². The second kappa shape index (κ2) is 8.35. The van der Waals surface area contributed by atoms with Gasteiger partial charge < -0.3 is 4.74 Å². The van der Waals surface area contributed by atoms with Gasteiger partial charge in [0.05, 0.1) is 11.5 Å². The third-order valence-electron chi connectivity index (χ3n) is 3.47. The Morgan fingerprint density at radius 3 is 2.32 bits per heavy atom. The van der Waals surface area contributed by atoms with E-state index in [1.165, 1.54) is 24.3 Å². The van der Waals surface area contributed by atoms with E-state index < -0.39 is 34.0 Å². The molecule has 0 amide bonds. The van der Waals surface area contributed by atoms with Crippen LogP contribution in [0.1, 0.15) is 25.3 Å². The molecule has 25 heavy (non-hydrogen) atoms. The van der Waals surface area contributed by atoms with Gasteiger partial charge >= 0.3 is 0 Å². The first-order valence-corrected chi connectivity index (χ1v) is 9.18. The standard InChI is InChI=1S/C17H18F3NO3S/c1-2-3-10-24-13-5-7-14(8-6-13)25(22,23)21-11-12-4-9-15(18)17(20)16(12)19/h4-9,21H,2-3,10-11H2,1H3. The molecular formula is C17H18F3NO3S. The van der Waals surface area contributed by atoms with Crippen molar-refractivity contribution in [2.45, 2.75) is 31.2 Å². The van der Waals surface area contributed by atoms with Crippen molar-refractivity contribution in [1.29, 1.82) is 0 Å². The summed E-state index contributed by atoms with van der Waals surface area (Å²) in [5.41, 5.74) is -0.290. The Bertz CT molecular complexity index is 824. The topological polar surface area (TPSA) is 55.4 Å². The number of halogens is 3. The molecule has 0 bridgehead atoms. The van der Waals surface area contributed by atoms with Crippen LogP contribution in [0.4, 0.5) is 13.2 Å². The number of unbranched alkanes of at least 4 members (excludes halogenated alkanes) is 1. The van der Waals surface area contributed by atoms with Crippen LogP contribution >= 0.6 is 0 Å². The minimum Gasteiger partial charge on any atom is -0.494 e. The summed E-state index contributed by atoms with van der Waals surface area (Å²) in [6, 6.07) is 7.46. The molecule has 0 aromatic heterocycles. The fourth-order valence-corrected chi connectivity index (χ4v) is 3.01. The van der Waals surface area contributed by atoms with Gasteiger partial charge in [0.2, 0.25) is 10.0 Å². The predicted molar refractivity (Wildman–Crippen MR) is 87.2 cm³/mol. The van der Waals surface area contributed by atoms with Gasteiger partial charge in [0.1, 0.15) is 5.75 Å². The third-order valence-corrected chi connectivity index (χ3v) is 4.89. The van der Waals surface area contributed by atoms with Crippen LogP contribution in [-0.2, 0) is 16.6 Å². The number of benzene rings is 2. The Morgan fingerprint density at radius 1 is 1.00 bits per heavy atom. The molecule has 0 radical (unpaired) electrons. The van der Waals surface area contributed by atoms with Crippen molar-refractivity contribution in [3.05, 3.63) is 59.4 Å². The van der Waals surface area contributed by atoms with Crippen LogP contribution in [0, 0.1) is 17.5 Å². The SMILES string of the molecule is CCCCOc1ccc(S(=O)(=O)NCc2ccc(F)c(F)c2F)cc1. The molecule has 1 N–H and O–H groups in total. The number of hydrogen-bond acceptors (Lipinski definition) is 3.